The van der Waals surface area contributed by atoms with Gasteiger partial charge in [0.05, 0.1) is 11.5 Å². The van der Waals surface area contributed by atoms with Crippen LogP contribution >= 0.6 is 0 Å². The Bertz CT molecular complexity index is 553. The minimum Gasteiger partial charge on any atom is -0.489 e. The van der Waals surface area contributed by atoms with Crippen molar-refractivity contribution in [2.75, 3.05) is 18.1 Å². The lowest BCUT2D eigenvalue weighted by Crippen LogP contribution is -2.25. The van der Waals surface area contributed by atoms with Gasteiger partial charge < -0.3 is 10.1 Å². The molecule has 2 aliphatic heterocycles. The summed E-state index contributed by atoms with van der Waals surface area (Å²) in [5.74, 6) is 1.29. The van der Waals surface area contributed by atoms with Gasteiger partial charge in [-0.1, -0.05) is 12.1 Å². The normalized spacial score (nSPS) is 25.7. The molecule has 1 unspecified atom stereocenters. The quantitative estimate of drug-likeness (QED) is 0.865. The minimum absolute atomic E-state index is 0.162. The van der Waals surface area contributed by atoms with Gasteiger partial charge in [-0.15, -0.1) is 0 Å². The Kier molecular flexibility index (Phi) is 3.03. The molecule has 0 saturated carbocycles. The molecule has 1 fully saturated rings. The molecule has 3 rings (SSSR count). The zero-order valence-electron chi connectivity index (χ0n) is 10.2. The van der Waals surface area contributed by atoms with Gasteiger partial charge in [0.2, 0.25) is 0 Å². The summed E-state index contributed by atoms with van der Waals surface area (Å²) in [5.41, 5.74) is 2.50. The monoisotopic (exact) mass is 267 g/mol. The van der Waals surface area contributed by atoms with Crippen molar-refractivity contribution in [3.05, 3.63) is 29.3 Å². The van der Waals surface area contributed by atoms with Crippen LogP contribution in [0.1, 0.15) is 17.5 Å². The molecule has 2 heterocycles. The number of sulfone groups is 1. The standard InChI is InChI=1S/C13H17NO3S/c15-18(16)7-5-11(9-18)17-13-3-1-2-10-8-14-6-4-12(10)13/h1-3,11,14H,4-9H2. The van der Waals surface area contributed by atoms with Gasteiger partial charge in [0, 0.05) is 6.54 Å². The second kappa shape index (κ2) is 4.55. The van der Waals surface area contributed by atoms with Crippen LogP contribution in [-0.2, 0) is 22.8 Å². The molecule has 1 saturated heterocycles. The van der Waals surface area contributed by atoms with Crippen LogP contribution in [0, 0.1) is 0 Å². The highest BCUT2D eigenvalue weighted by molar-refractivity contribution is 7.91. The number of nitrogens with one attached hydrogen (secondary N) is 1. The molecule has 0 aromatic heterocycles. The molecule has 0 radical (unpaired) electrons. The van der Waals surface area contributed by atoms with E-state index >= 15 is 0 Å². The Hall–Kier alpha value is -1.07. The summed E-state index contributed by atoms with van der Waals surface area (Å²) in [6.45, 7) is 1.83. The fourth-order valence-electron chi connectivity index (χ4n) is 2.64. The first-order valence-electron chi connectivity index (χ1n) is 6.33. The lowest BCUT2D eigenvalue weighted by Gasteiger charge is -2.22. The van der Waals surface area contributed by atoms with Crippen LogP contribution < -0.4 is 10.1 Å². The number of ether oxygens (including phenoxy) is 1. The van der Waals surface area contributed by atoms with Crippen molar-refractivity contribution in [1.82, 2.24) is 5.32 Å². The van der Waals surface area contributed by atoms with Crippen molar-refractivity contribution in [2.24, 2.45) is 0 Å². The van der Waals surface area contributed by atoms with Crippen molar-refractivity contribution >= 4 is 9.84 Å². The number of hydrogen-bond acceptors (Lipinski definition) is 4. The van der Waals surface area contributed by atoms with Crippen LogP contribution in [0.5, 0.6) is 5.75 Å². The second-order valence-electron chi connectivity index (χ2n) is 4.96. The molecule has 2 aliphatic rings. The van der Waals surface area contributed by atoms with E-state index in [9.17, 15) is 8.42 Å². The maximum atomic E-state index is 11.4. The first-order chi connectivity index (χ1) is 8.64. The van der Waals surface area contributed by atoms with Crippen molar-refractivity contribution in [1.29, 1.82) is 0 Å². The molecule has 1 aromatic carbocycles. The topological polar surface area (TPSA) is 55.4 Å². The Morgan fingerprint density at radius 1 is 1.33 bits per heavy atom. The van der Waals surface area contributed by atoms with Gasteiger partial charge in [-0.05, 0) is 36.6 Å². The lowest BCUT2D eigenvalue weighted by molar-refractivity contribution is 0.226. The molecule has 1 N–H and O–H groups in total. The maximum Gasteiger partial charge on any atom is 0.154 e. The highest BCUT2D eigenvalue weighted by Gasteiger charge is 2.30. The van der Waals surface area contributed by atoms with Gasteiger partial charge in [0.1, 0.15) is 11.9 Å². The predicted molar refractivity (Wildman–Crippen MR) is 69.5 cm³/mol. The lowest BCUT2D eigenvalue weighted by atomic mass is 10.00. The second-order valence-corrected chi connectivity index (χ2v) is 7.19. The highest BCUT2D eigenvalue weighted by Crippen LogP contribution is 2.28. The molecule has 0 amide bonds. The number of rotatable bonds is 2. The van der Waals surface area contributed by atoms with E-state index in [2.05, 4.69) is 11.4 Å². The summed E-state index contributed by atoms with van der Waals surface area (Å²) in [7, 11) is -2.87. The largest absolute Gasteiger partial charge is 0.489 e. The Morgan fingerprint density at radius 3 is 3.00 bits per heavy atom. The predicted octanol–water partition coefficient (Wildman–Crippen LogP) is 0.898. The number of fused-ring (bicyclic) bond motifs is 1. The van der Waals surface area contributed by atoms with E-state index in [4.69, 9.17) is 4.74 Å². The van der Waals surface area contributed by atoms with Gasteiger partial charge in [0.25, 0.3) is 0 Å². The summed E-state index contributed by atoms with van der Waals surface area (Å²) in [4.78, 5) is 0. The molecule has 5 heteroatoms. The smallest absolute Gasteiger partial charge is 0.154 e. The van der Waals surface area contributed by atoms with Gasteiger partial charge in [-0.2, -0.15) is 0 Å². The average Bonchev–Trinajstić information content (AvgIpc) is 2.69. The molecule has 1 aromatic rings. The average molecular weight is 267 g/mol. The van der Waals surface area contributed by atoms with E-state index in [1.54, 1.807) is 0 Å². The molecule has 0 spiro atoms. The first kappa shape index (κ1) is 12.0. The third-order valence-corrected chi connectivity index (χ3v) is 5.32. The molecule has 0 aliphatic carbocycles. The summed E-state index contributed by atoms with van der Waals surface area (Å²) in [6, 6.07) is 6.03. The highest BCUT2D eigenvalue weighted by atomic mass is 32.2. The van der Waals surface area contributed by atoms with Crippen molar-refractivity contribution in [3.8, 4) is 5.75 Å². The van der Waals surface area contributed by atoms with Gasteiger partial charge in [0.15, 0.2) is 9.84 Å². The van der Waals surface area contributed by atoms with E-state index in [1.165, 1.54) is 11.1 Å². The van der Waals surface area contributed by atoms with Crippen molar-refractivity contribution < 1.29 is 13.2 Å². The molecule has 98 valence electrons. The van der Waals surface area contributed by atoms with Gasteiger partial charge in [-0.3, -0.25) is 0 Å². The number of benzene rings is 1. The summed E-state index contributed by atoms with van der Waals surface area (Å²) < 4.78 is 28.8. The van der Waals surface area contributed by atoms with Crippen molar-refractivity contribution in [2.45, 2.75) is 25.5 Å². The molecule has 4 nitrogen and oxygen atoms in total. The maximum absolute atomic E-state index is 11.4. The fraction of sp³-hybridized carbons (Fsp3) is 0.538. The van der Waals surface area contributed by atoms with Crippen LogP contribution in [0.2, 0.25) is 0 Å². The van der Waals surface area contributed by atoms with Crippen LogP contribution in [0.25, 0.3) is 0 Å². The molecule has 18 heavy (non-hydrogen) atoms. The van der Waals surface area contributed by atoms with Crippen molar-refractivity contribution in [3.63, 3.8) is 0 Å². The van der Waals surface area contributed by atoms with Crippen LogP contribution in [0.4, 0.5) is 0 Å². The third kappa shape index (κ3) is 2.37. The van der Waals surface area contributed by atoms with Crippen LogP contribution in [0.3, 0.4) is 0 Å². The summed E-state index contributed by atoms with van der Waals surface area (Å²) in [6.07, 6.45) is 1.39. The summed E-state index contributed by atoms with van der Waals surface area (Å²) in [5, 5.41) is 3.32. The minimum atomic E-state index is -2.87. The van der Waals surface area contributed by atoms with Crippen LogP contribution in [0.15, 0.2) is 18.2 Å². The van der Waals surface area contributed by atoms with E-state index in [0.29, 0.717) is 6.42 Å². The zero-order chi connectivity index (χ0) is 12.6. The van der Waals surface area contributed by atoms with E-state index in [-0.39, 0.29) is 17.6 Å². The first-order valence-corrected chi connectivity index (χ1v) is 8.15. The molecular weight excluding hydrogens is 250 g/mol. The molecule has 1 atom stereocenters. The van der Waals surface area contributed by atoms with E-state index in [1.807, 2.05) is 12.1 Å². The third-order valence-electron chi connectivity index (χ3n) is 3.58. The molecular formula is C13H17NO3S. The van der Waals surface area contributed by atoms with Gasteiger partial charge in [-0.25, -0.2) is 8.42 Å². The SMILES string of the molecule is O=S1(=O)CCC(Oc2cccc3c2CCNC3)C1. The Balaban J connectivity index is 1.81. The Labute approximate surface area is 107 Å². The van der Waals surface area contributed by atoms with Gasteiger partial charge >= 0.3 is 0 Å². The zero-order valence-corrected chi connectivity index (χ0v) is 11.0. The Morgan fingerprint density at radius 2 is 2.22 bits per heavy atom. The number of hydrogen-bond donors (Lipinski definition) is 1. The van der Waals surface area contributed by atoms with Crippen LogP contribution in [-0.4, -0.2) is 32.6 Å². The fourth-order valence-corrected chi connectivity index (χ4v) is 4.23. The van der Waals surface area contributed by atoms with E-state index < -0.39 is 9.84 Å². The molecule has 0 bridgehead atoms. The summed E-state index contributed by atoms with van der Waals surface area (Å²) >= 11 is 0. The van der Waals surface area contributed by atoms with E-state index in [0.717, 1.165) is 25.3 Å².